The highest BCUT2D eigenvalue weighted by Crippen LogP contribution is 2.33. The minimum atomic E-state index is -0.598. The molecule has 0 bridgehead atoms. The highest BCUT2D eigenvalue weighted by molar-refractivity contribution is 7.97. The van der Waals surface area contributed by atoms with Crippen LogP contribution in [-0.2, 0) is 10.9 Å². The van der Waals surface area contributed by atoms with Crippen LogP contribution in [0.1, 0.15) is 11.1 Å². The third-order valence-corrected chi connectivity index (χ3v) is 6.25. The lowest BCUT2D eigenvalue weighted by Gasteiger charge is -2.10. The quantitative estimate of drug-likeness (QED) is 0.545. The second-order valence-corrected chi connectivity index (χ2v) is 7.83. The zero-order valence-corrected chi connectivity index (χ0v) is 15.2. The van der Waals surface area contributed by atoms with E-state index in [2.05, 4.69) is 0 Å². The van der Waals surface area contributed by atoms with Crippen molar-refractivity contribution in [3.63, 3.8) is 0 Å². The SMILES string of the molecule is COc1ccc([S+](c2ccc(C)c(F)c2)c2ccc(C)c(F)c2)cc1. The minimum Gasteiger partial charge on any atom is -0.497 e. The lowest BCUT2D eigenvalue weighted by atomic mass is 10.2. The van der Waals surface area contributed by atoms with E-state index in [4.69, 9.17) is 4.74 Å². The van der Waals surface area contributed by atoms with Crippen LogP contribution in [0.5, 0.6) is 5.75 Å². The second kappa shape index (κ2) is 7.28. The molecule has 128 valence electrons. The fourth-order valence-electron chi connectivity index (χ4n) is 2.52. The second-order valence-electron chi connectivity index (χ2n) is 5.80. The summed E-state index contributed by atoms with van der Waals surface area (Å²) >= 11 is 0. The molecule has 0 fully saturated rings. The lowest BCUT2D eigenvalue weighted by molar-refractivity contribution is 0.414. The maximum Gasteiger partial charge on any atom is 0.169 e. The van der Waals surface area contributed by atoms with Crippen molar-refractivity contribution < 1.29 is 13.5 Å². The molecule has 0 heterocycles. The summed E-state index contributed by atoms with van der Waals surface area (Å²) in [6.07, 6.45) is 0. The van der Waals surface area contributed by atoms with E-state index < -0.39 is 10.9 Å². The van der Waals surface area contributed by atoms with Gasteiger partial charge in [0.2, 0.25) is 0 Å². The van der Waals surface area contributed by atoms with Gasteiger partial charge < -0.3 is 4.74 Å². The average molecular weight is 357 g/mol. The van der Waals surface area contributed by atoms with Crippen LogP contribution in [-0.4, -0.2) is 7.11 Å². The summed E-state index contributed by atoms with van der Waals surface area (Å²) in [6, 6.07) is 18.0. The molecule has 0 aromatic heterocycles. The Bertz CT molecular complexity index is 839. The summed E-state index contributed by atoms with van der Waals surface area (Å²) < 4.78 is 33.5. The molecular weight excluding hydrogens is 338 g/mol. The number of benzene rings is 3. The van der Waals surface area contributed by atoms with Crippen LogP contribution in [0.3, 0.4) is 0 Å². The Kier molecular flexibility index (Phi) is 5.09. The van der Waals surface area contributed by atoms with Gasteiger partial charge in [-0.2, -0.15) is 0 Å². The molecule has 0 unspecified atom stereocenters. The fourth-order valence-corrected chi connectivity index (χ4v) is 4.60. The smallest absolute Gasteiger partial charge is 0.169 e. The Morgan fingerprint density at radius 3 is 1.52 bits per heavy atom. The highest BCUT2D eigenvalue weighted by Gasteiger charge is 2.30. The molecule has 4 heteroatoms. The van der Waals surface area contributed by atoms with E-state index in [1.807, 2.05) is 36.4 Å². The Hall–Kier alpha value is -2.33. The van der Waals surface area contributed by atoms with Crippen LogP contribution >= 0.6 is 0 Å². The zero-order chi connectivity index (χ0) is 18.0. The third kappa shape index (κ3) is 3.69. The predicted molar refractivity (Wildman–Crippen MR) is 97.4 cm³/mol. The third-order valence-electron chi connectivity index (χ3n) is 4.05. The predicted octanol–water partition coefficient (Wildman–Crippen LogP) is 5.69. The molecule has 0 N–H and O–H groups in total. The first-order valence-corrected chi connectivity index (χ1v) is 9.12. The van der Waals surface area contributed by atoms with Crippen LogP contribution in [0.4, 0.5) is 8.78 Å². The van der Waals surface area contributed by atoms with Crippen molar-refractivity contribution in [1.29, 1.82) is 0 Å². The van der Waals surface area contributed by atoms with Gasteiger partial charge >= 0.3 is 0 Å². The van der Waals surface area contributed by atoms with E-state index >= 15 is 0 Å². The molecule has 3 rings (SSSR count). The summed E-state index contributed by atoms with van der Waals surface area (Å²) in [5.41, 5.74) is 1.19. The highest BCUT2D eigenvalue weighted by atomic mass is 32.2. The molecular formula is C21H19F2OS+. The van der Waals surface area contributed by atoms with Gasteiger partial charge in [-0.05, 0) is 61.4 Å². The van der Waals surface area contributed by atoms with Crippen molar-refractivity contribution in [2.45, 2.75) is 28.5 Å². The minimum absolute atomic E-state index is 0.254. The number of methoxy groups -OCH3 is 1. The Morgan fingerprint density at radius 2 is 1.12 bits per heavy atom. The number of halogens is 2. The largest absolute Gasteiger partial charge is 0.497 e. The molecule has 3 aromatic carbocycles. The first-order valence-electron chi connectivity index (χ1n) is 7.90. The van der Waals surface area contributed by atoms with Gasteiger partial charge in [-0.3, -0.25) is 0 Å². The van der Waals surface area contributed by atoms with Gasteiger partial charge in [-0.15, -0.1) is 0 Å². The van der Waals surface area contributed by atoms with Crippen LogP contribution in [0.2, 0.25) is 0 Å². The molecule has 0 aliphatic heterocycles. The number of hydrogen-bond acceptors (Lipinski definition) is 1. The molecule has 1 nitrogen and oxygen atoms in total. The lowest BCUT2D eigenvalue weighted by Crippen LogP contribution is -2.06. The van der Waals surface area contributed by atoms with Crippen molar-refractivity contribution in [2.24, 2.45) is 0 Å². The van der Waals surface area contributed by atoms with Crippen molar-refractivity contribution >= 4 is 10.9 Å². The van der Waals surface area contributed by atoms with Crippen LogP contribution < -0.4 is 4.74 Å². The van der Waals surface area contributed by atoms with Gasteiger partial charge in [0.05, 0.1) is 18.0 Å². The standard InChI is InChI=1S/C21H19F2OS/c1-14-4-8-18(12-20(14)22)25(17-10-6-16(24-3)7-11-17)19-9-5-15(2)21(23)13-19/h4-13H,1-3H3/q+1. The number of aryl methyl sites for hydroxylation is 2. The van der Waals surface area contributed by atoms with Crippen molar-refractivity contribution in [1.82, 2.24) is 0 Å². The van der Waals surface area contributed by atoms with E-state index in [1.54, 1.807) is 45.2 Å². The number of rotatable bonds is 4. The Balaban J connectivity index is 2.15. The summed E-state index contributed by atoms with van der Waals surface area (Å²) in [4.78, 5) is 2.61. The van der Waals surface area contributed by atoms with E-state index in [-0.39, 0.29) is 11.6 Å². The fraction of sp³-hybridized carbons (Fsp3) is 0.143. The van der Waals surface area contributed by atoms with E-state index in [1.165, 1.54) is 0 Å². The van der Waals surface area contributed by atoms with Gasteiger partial charge in [0.15, 0.2) is 14.7 Å². The maximum atomic E-state index is 14.1. The normalized spacial score (nSPS) is 11.0. The summed E-state index contributed by atoms with van der Waals surface area (Å²) in [7, 11) is 1.01. The zero-order valence-electron chi connectivity index (χ0n) is 14.3. The topological polar surface area (TPSA) is 9.23 Å². The molecule has 0 aliphatic carbocycles. The molecule has 0 spiro atoms. The van der Waals surface area contributed by atoms with Crippen LogP contribution in [0.25, 0.3) is 0 Å². The average Bonchev–Trinajstić information content (AvgIpc) is 2.62. The van der Waals surface area contributed by atoms with Crippen LogP contribution in [0.15, 0.2) is 75.4 Å². The monoisotopic (exact) mass is 357 g/mol. The van der Waals surface area contributed by atoms with E-state index in [9.17, 15) is 8.78 Å². The van der Waals surface area contributed by atoms with E-state index in [0.717, 1.165) is 20.4 Å². The molecule has 0 radical (unpaired) electrons. The van der Waals surface area contributed by atoms with Gasteiger partial charge in [-0.25, -0.2) is 8.78 Å². The first kappa shape index (κ1) is 17.5. The molecule has 25 heavy (non-hydrogen) atoms. The van der Waals surface area contributed by atoms with Gasteiger partial charge in [-0.1, -0.05) is 12.1 Å². The summed E-state index contributed by atoms with van der Waals surface area (Å²) in [6.45, 7) is 3.46. The van der Waals surface area contributed by atoms with Gasteiger partial charge in [0.25, 0.3) is 0 Å². The van der Waals surface area contributed by atoms with Crippen molar-refractivity contribution in [3.05, 3.63) is 83.4 Å². The summed E-state index contributed by atoms with van der Waals surface area (Å²) in [5, 5.41) is 0. The van der Waals surface area contributed by atoms with Crippen molar-refractivity contribution in [3.8, 4) is 5.75 Å². The Morgan fingerprint density at radius 1 is 0.680 bits per heavy atom. The molecule has 0 saturated carbocycles. The van der Waals surface area contributed by atoms with Crippen LogP contribution in [0, 0.1) is 25.5 Å². The molecule has 3 aromatic rings. The molecule has 0 atom stereocenters. The number of hydrogen-bond donors (Lipinski definition) is 0. The first-order chi connectivity index (χ1) is 12.0. The molecule has 0 aliphatic rings. The molecule has 0 amide bonds. The van der Waals surface area contributed by atoms with Gasteiger partial charge in [0.1, 0.15) is 17.4 Å². The molecule has 0 saturated heterocycles. The Labute approximate surface area is 149 Å². The van der Waals surface area contributed by atoms with Gasteiger partial charge in [0, 0.05) is 12.1 Å². The van der Waals surface area contributed by atoms with Crippen molar-refractivity contribution in [2.75, 3.05) is 7.11 Å². The number of ether oxygens (including phenoxy) is 1. The van der Waals surface area contributed by atoms with E-state index in [0.29, 0.717) is 11.1 Å². The maximum absolute atomic E-state index is 14.1. The summed E-state index contributed by atoms with van der Waals surface area (Å²) in [5.74, 6) is 0.240.